The highest BCUT2D eigenvalue weighted by atomic mass is 16.5. The topological polar surface area (TPSA) is 70.7 Å². The molecule has 6 nitrogen and oxygen atoms in total. The Morgan fingerprint density at radius 1 is 1.07 bits per heavy atom. The van der Waals surface area contributed by atoms with Crippen LogP contribution in [0.4, 0.5) is 4.79 Å². The Morgan fingerprint density at radius 3 is 2.39 bits per heavy atom. The monoisotopic (exact) mass is 383 g/mol. The van der Waals surface area contributed by atoms with Gasteiger partial charge in [0.05, 0.1) is 6.54 Å². The molecule has 0 aliphatic carbocycles. The van der Waals surface area contributed by atoms with E-state index in [1.165, 1.54) is 0 Å². The number of urea groups is 1. The Hall–Kier alpha value is -3.02. The van der Waals surface area contributed by atoms with Crippen molar-refractivity contribution < 1.29 is 14.3 Å². The summed E-state index contributed by atoms with van der Waals surface area (Å²) in [6, 6.07) is 14.9. The van der Waals surface area contributed by atoms with E-state index >= 15 is 0 Å². The number of nitrogens with zero attached hydrogens (tertiary/aromatic N) is 1. The second kappa shape index (κ2) is 10.3. The van der Waals surface area contributed by atoms with Crippen molar-refractivity contribution in [3.63, 3.8) is 0 Å². The summed E-state index contributed by atoms with van der Waals surface area (Å²) in [6.45, 7) is 7.14. The Labute approximate surface area is 166 Å². The molecule has 6 heteroatoms. The highest BCUT2D eigenvalue weighted by Gasteiger charge is 2.12. The van der Waals surface area contributed by atoms with E-state index < -0.39 is 0 Å². The maximum absolute atomic E-state index is 12.5. The quantitative estimate of drug-likeness (QED) is 0.734. The molecule has 0 heterocycles. The van der Waals surface area contributed by atoms with Crippen molar-refractivity contribution in [3.8, 4) is 5.75 Å². The largest absolute Gasteiger partial charge is 0.491 e. The Kier molecular flexibility index (Phi) is 7.87. The lowest BCUT2D eigenvalue weighted by molar-refractivity contribution is 0.0773. The van der Waals surface area contributed by atoms with E-state index in [0.29, 0.717) is 25.3 Å². The molecule has 2 aromatic carbocycles. The van der Waals surface area contributed by atoms with Crippen molar-refractivity contribution in [1.82, 2.24) is 15.5 Å². The van der Waals surface area contributed by atoms with E-state index in [1.54, 1.807) is 24.1 Å². The molecule has 2 aromatic rings. The summed E-state index contributed by atoms with van der Waals surface area (Å²) in [6.07, 6.45) is 0. The van der Waals surface area contributed by atoms with Crippen LogP contribution < -0.4 is 15.4 Å². The predicted octanol–water partition coefficient (Wildman–Crippen LogP) is 3.35. The minimum Gasteiger partial charge on any atom is -0.491 e. The lowest BCUT2D eigenvalue weighted by Crippen LogP contribution is -2.39. The number of para-hydroxylation sites is 1. The molecule has 0 radical (unpaired) electrons. The lowest BCUT2D eigenvalue weighted by atomic mass is 10.1. The number of aryl methyl sites for hydroxylation is 1. The van der Waals surface area contributed by atoms with Crippen molar-refractivity contribution in [3.05, 3.63) is 65.2 Å². The summed E-state index contributed by atoms with van der Waals surface area (Å²) in [4.78, 5) is 25.8. The number of nitrogens with one attached hydrogen (secondary N) is 2. The molecule has 0 aliphatic heterocycles. The van der Waals surface area contributed by atoms with Gasteiger partial charge in [-0.2, -0.15) is 0 Å². The maximum Gasteiger partial charge on any atom is 0.315 e. The minimum atomic E-state index is -0.205. The number of rotatable bonds is 8. The average molecular weight is 383 g/mol. The van der Waals surface area contributed by atoms with Gasteiger partial charge in [0.15, 0.2) is 0 Å². The van der Waals surface area contributed by atoms with Gasteiger partial charge < -0.3 is 20.3 Å². The first-order valence-electron chi connectivity index (χ1n) is 9.44. The van der Waals surface area contributed by atoms with Crippen LogP contribution in [0.25, 0.3) is 0 Å². The Bertz CT molecular complexity index is 788. The molecule has 0 unspecified atom stereocenters. The fraction of sp³-hybridized carbons (Fsp3) is 0.364. The third-order valence-corrected chi connectivity index (χ3v) is 4.20. The molecule has 3 amide bonds. The molecule has 0 aromatic heterocycles. The van der Waals surface area contributed by atoms with Gasteiger partial charge in [0, 0.05) is 25.2 Å². The molecular weight excluding hydrogens is 354 g/mol. The molecule has 2 rings (SSSR count). The van der Waals surface area contributed by atoms with Crippen LogP contribution in [-0.2, 0) is 6.54 Å². The van der Waals surface area contributed by atoms with Gasteiger partial charge in [-0.25, -0.2) is 4.79 Å². The zero-order chi connectivity index (χ0) is 20.5. The molecule has 2 N–H and O–H groups in total. The van der Waals surface area contributed by atoms with Crippen LogP contribution in [0.15, 0.2) is 48.5 Å². The molecule has 0 atom stereocenters. The number of likely N-dealkylation sites (N-methyl/N-ethyl adjacent to an activating group) is 1. The standard InChI is InChI=1S/C22H29N3O3/c1-16(2)24-22(27)23-15-18-9-11-19(12-10-18)21(26)25(4)13-14-28-20-8-6-5-7-17(20)3/h5-12,16H,13-15H2,1-4H3,(H2,23,24,27). The zero-order valence-corrected chi connectivity index (χ0v) is 17.0. The normalized spacial score (nSPS) is 10.5. The van der Waals surface area contributed by atoms with Gasteiger partial charge in [-0.15, -0.1) is 0 Å². The van der Waals surface area contributed by atoms with Crippen LogP contribution in [0.3, 0.4) is 0 Å². The molecule has 0 spiro atoms. The van der Waals surface area contributed by atoms with E-state index in [2.05, 4.69) is 10.6 Å². The number of benzene rings is 2. The highest BCUT2D eigenvalue weighted by molar-refractivity contribution is 5.94. The smallest absolute Gasteiger partial charge is 0.315 e. The molecule has 0 saturated heterocycles. The molecular formula is C22H29N3O3. The summed E-state index contributed by atoms with van der Waals surface area (Å²) in [5.74, 6) is 0.771. The average Bonchev–Trinajstić information content (AvgIpc) is 2.67. The van der Waals surface area contributed by atoms with Gasteiger partial charge in [-0.3, -0.25) is 4.79 Å². The SMILES string of the molecule is Cc1ccccc1OCCN(C)C(=O)c1ccc(CNC(=O)NC(C)C)cc1. The van der Waals surface area contributed by atoms with E-state index in [-0.39, 0.29) is 18.0 Å². The van der Waals surface area contributed by atoms with Gasteiger partial charge in [-0.1, -0.05) is 30.3 Å². The van der Waals surface area contributed by atoms with Crippen LogP contribution in [0.1, 0.15) is 35.3 Å². The Morgan fingerprint density at radius 2 is 1.75 bits per heavy atom. The first kappa shape index (κ1) is 21.3. The van der Waals surface area contributed by atoms with Crippen LogP contribution in [0, 0.1) is 6.92 Å². The van der Waals surface area contributed by atoms with Gasteiger partial charge in [0.25, 0.3) is 5.91 Å². The van der Waals surface area contributed by atoms with E-state index in [0.717, 1.165) is 16.9 Å². The lowest BCUT2D eigenvalue weighted by Gasteiger charge is -2.18. The van der Waals surface area contributed by atoms with E-state index in [4.69, 9.17) is 4.74 Å². The summed E-state index contributed by atoms with van der Waals surface area (Å²) in [5, 5.41) is 5.56. The fourth-order valence-corrected chi connectivity index (χ4v) is 2.59. The van der Waals surface area contributed by atoms with E-state index in [1.807, 2.05) is 57.2 Å². The fourth-order valence-electron chi connectivity index (χ4n) is 2.59. The van der Waals surface area contributed by atoms with Crippen molar-refractivity contribution in [2.24, 2.45) is 0 Å². The molecule has 28 heavy (non-hydrogen) atoms. The second-order valence-corrected chi connectivity index (χ2v) is 7.02. The zero-order valence-electron chi connectivity index (χ0n) is 17.0. The van der Waals surface area contributed by atoms with Crippen molar-refractivity contribution in [2.45, 2.75) is 33.4 Å². The van der Waals surface area contributed by atoms with Gasteiger partial charge in [-0.05, 0) is 50.1 Å². The summed E-state index contributed by atoms with van der Waals surface area (Å²) < 4.78 is 5.75. The highest BCUT2D eigenvalue weighted by Crippen LogP contribution is 2.16. The molecule has 0 saturated carbocycles. The minimum absolute atomic E-state index is 0.0644. The van der Waals surface area contributed by atoms with Gasteiger partial charge in [0.1, 0.15) is 12.4 Å². The number of hydrogen-bond acceptors (Lipinski definition) is 3. The van der Waals surface area contributed by atoms with Crippen molar-refractivity contribution >= 4 is 11.9 Å². The molecule has 150 valence electrons. The van der Waals surface area contributed by atoms with Gasteiger partial charge in [0.2, 0.25) is 0 Å². The number of carbonyl (C=O) groups excluding carboxylic acids is 2. The third kappa shape index (κ3) is 6.61. The predicted molar refractivity (Wildman–Crippen MR) is 111 cm³/mol. The molecule has 0 fully saturated rings. The summed E-state index contributed by atoms with van der Waals surface area (Å²) >= 11 is 0. The van der Waals surface area contributed by atoms with E-state index in [9.17, 15) is 9.59 Å². The first-order valence-corrected chi connectivity index (χ1v) is 9.44. The maximum atomic E-state index is 12.5. The summed E-state index contributed by atoms with van der Waals surface area (Å²) in [7, 11) is 1.76. The van der Waals surface area contributed by atoms with Crippen molar-refractivity contribution in [2.75, 3.05) is 20.2 Å². The van der Waals surface area contributed by atoms with Crippen LogP contribution in [-0.4, -0.2) is 43.1 Å². The second-order valence-electron chi connectivity index (χ2n) is 7.02. The number of ether oxygens (including phenoxy) is 1. The Balaban J connectivity index is 1.81. The van der Waals surface area contributed by atoms with Gasteiger partial charge >= 0.3 is 6.03 Å². The van der Waals surface area contributed by atoms with Crippen LogP contribution in [0.2, 0.25) is 0 Å². The van der Waals surface area contributed by atoms with Crippen LogP contribution in [0.5, 0.6) is 5.75 Å². The number of carbonyl (C=O) groups is 2. The molecule has 0 bridgehead atoms. The van der Waals surface area contributed by atoms with Crippen LogP contribution >= 0.6 is 0 Å². The third-order valence-electron chi connectivity index (χ3n) is 4.20. The number of hydrogen-bond donors (Lipinski definition) is 2. The first-order chi connectivity index (χ1) is 13.4. The summed E-state index contributed by atoms with van der Waals surface area (Å²) in [5.41, 5.74) is 2.61. The molecule has 0 aliphatic rings. The number of amides is 3. The van der Waals surface area contributed by atoms with Crippen molar-refractivity contribution in [1.29, 1.82) is 0 Å².